The monoisotopic (exact) mass is 420 g/mol. The fraction of sp³-hybridized carbons (Fsp3) is 0.182. The summed E-state index contributed by atoms with van der Waals surface area (Å²) < 4.78 is 16.0. The van der Waals surface area contributed by atoms with Crippen molar-refractivity contribution >= 4 is 11.8 Å². The number of nitrogens with zero attached hydrogens (tertiary/aromatic N) is 4. The highest BCUT2D eigenvalue weighted by molar-refractivity contribution is 7.98. The van der Waals surface area contributed by atoms with Crippen LogP contribution in [0.2, 0.25) is 0 Å². The van der Waals surface area contributed by atoms with E-state index >= 15 is 0 Å². The van der Waals surface area contributed by atoms with E-state index in [9.17, 15) is 0 Å². The van der Waals surface area contributed by atoms with Gasteiger partial charge in [-0.15, -0.1) is 10.2 Å². The lowest BCUT2D eigenvalue weighted by Crippen LogP contribution is -1.91. The number of aromatic nitrogens is 4. The third kappa shape index (κ3) is 4.60. The molecule has 0 saturated heterocycles. The molecule has 0 radical (unpaired) electrons. The van der Waals surface area contributed by atoms with Crippen LogP contribution in [0.1, 0.15) is 11.5 Å². The summed E-state index contributed by atoms with van der Waals surface area (Å²) in [6, 6.07) is 17.6. The zero-order chi connectivity index (χ0) is 20.9. The molecule has 0 unspecified atom stereocenters. The van der Waals surface area contributed by atoms with Crippen molar-refractivity contribution in [1.82, 2.24) is 20.3 Å². The summed E-state index contributed by atoms with van der Waals surface area (Å²) in [6.45, 7) is 2.06. The molecule has 0 atom stereocenters. The van der Waals surface area contributed by atoms with Gasteiger partial charge >= 0.3 is 0 Å². The number of aryl methyl sites for hydroxylation is 1. The van der Waals surface area contributed by atoms with Gasteiger partial charge in [0.05, 0.1) is 25.7 Å². The van der Waals surface area contributed by atoms with Crippen molar-refractivity contribution in [2.24, 2.45) is 0 Å². The molecule has 4 aromatic rings. The predicted molar refractivity (Wildman–Crippen MR) is 115 cm³/mol. The van der Waals surface area contributed by atoms with Crippen molar-refractivity contribution in [3.05, 3.63) is 66.1 Å². The third-order valence-corrected chi connectivity index (χ3v) is 5.31. The van der Waals surface area contributed by atoms with Gasteiger partial charge in [-0.2, -0.15) is 4.98 Å². The van der Waals surface area contributed by atoms with E-state index < -0.39 is 0 Å². The highest BCUT2D eigenvalue weighted by atomic mass is 32.2. The second-order valence-corrected chi connectivity index (χ2v) is 7.52. The highest BCUT2D eigenvalue weighted by Crippen LogP contribution is 2.29. The summed E-state index contributed by atoms with van der Waals surface area (Å²) in [4.78, 5) is 4.46. The van der Waals surface area contributed by atoms with Crippen LogP contribution >= 0.6 is 11.8 Å². The van der Waals surface area contributed by atoms with Gasteiger partial charge in [0.1, 0.15) is 16.5 Å². The van der Waals surface area contributed by atoms with E-state index in [4.69, 9.17) is 14.0 Å². The minimum absolute atomic E-state index is 0.476. The summed E-state index contributed by atoms with van der Waals surface area (Å²) in [5, 5.41) is 13.5. The molecule has 2 aromatic heterocycles. The summed E-state index contributed by atoms with van der Waals surface area (Å²) in [7, 11) is 3.20. The number of thioether (sulfide) groups is 1. The lowest BCUT2D eigenvalue weighted by molar-refractivity contribution is 0.390. The van der Waals surface area contributed by atoms with Crippen LogP contribution in [0.4, 0.5) is 0 Å². The molecule has 152 valence electrons. The maximum absolute atomic E-state index is 5.38. The van der Waals surface area contributed by atoms with Gasteiger partial charge in [0, 0.05) is 17.2 Å². The Kier molecular flexibility index (Phi) is 5.94. The minimum atomic E-state index is 0.476. The molecule has 2 heterocycles. The van der Waals surface area contributed by atoms with E-state index in [1.54, 1.807) is 20.3 Å². The average Bonchev–Trinajstić information content (AvgIpc) is 3.27. The number of hydrogen-bond donors (Lipinski definition) is 0. The SMILES string of the molecule is COc1cc(OC)cc(-c2noc(CSc3ccc(-c4ccc(C)cc4)nn3)n2)c1. The molecule has 0 amide bonds. The lowest BCUT2D eigenvalue weighted by atomic mass is 10.1. The molecular formula is C22H20N4O3S. The molecule has 0 spiro atoms. The van der Waals surface area contributed by atoms with E-state index in [1.165, 1.54) is 17.3 Å². The van der Waals surface area contributed by atoms with Crippen LogP contribution < -0.4 is 9.47 Å². The van der Waals surface area contributed by atoms with Crippen molar-refractivity contribution in [2.75, 3.05) is 14.2 Å². The minimum Gasteiger partial charge on any atom is -0.497 e. The Balaban J connectivity index is 1.43. The van der Waals surface area contributed by atoms with E-state index in [1.807, 2.05) is 36.4 Å². The molecule has 7 nitrogen and oxygen atoms in total. The van der Waals surface area contributed by atoms with E-state index in [-0.39, 0.29) is 0 Å². The highest BCUT2D eigenvalue weighted by Gasteiger charge is 2.12. The van der Waals surface area contributed by atoms with Crippen molar-refractivity contribution < 1.29 is 14.0 Å². The van der Waals surface area contributed by atoms with E-state index in [0.29, 0.717) is 29.0 Å². The van der Waals surface area contributed by atoms with Gasteiger partial charge in [-0.25, -0.2) is 0 Å². The molecule has 0 N–H and O–H groups in total. The lowest BCUT2D eigenvalue weighted by Gasteiger charge is -2.05. The number of methoxy groups -OCH3 is 2. The Labute approximate surface area is 178 Å². The second kappa shape index (κ2) is 8.96. The van der Waals surface area contributed by atoms with E-state index in [0.717, 1.165) is 21.8 Å². The Hall–Kier alpha value is -3.39. The Morgan fingerprint density at radius 3 is 2.23 bits per heavy atom. The van der Waals surface area contributed by atoms with Gasteiger partial charge in [0.25, 0.3) is 0 Å². The molecule has 2 aromatic carbocycles. The first-order chi connectivity index (χ1) is 14.6. The van der Waals surface area contributed by atoms with Crippen LogP contribution in [0.15, 0.2) is 64.1 Å². The molecule has 30 heavy (non-hydrogen) atoms. The fourth-order valence-corrected chi connectivity index (χ4v) is 3.43. The van der Waals surface area contributed by atoms with Crippen molar-refractivity contribution in [1.29, 1.82) is 0 Å². The van der Waals surface area contributed by atoms with Crippen LogP contribution in [-0.4, -0.2) is 34.6 Å². The predicted octanol–water partition coefficient (Wildman–Crippen LogP) is 4.81. The average molecular weight is 420 g/mol. The van der Waals surface area contributed by atoms with Gasteiger partial charge < -0.3 is 14.0 Å². The molecule has 0 aliphatic rings. The topological polar surface area (TPSA) is 83.2 Å². The molecule has 0 aliphatic carbocycles. The fourth-order valence-electron chi connectivity index (χ4n) is 2.78. The standard InChI is InChI=1S/C22H20N4O3S/c1-14-4-6-15(7-5-14)19-8-9-21(25-24-19)30-13-20-23-22(26-29-20)16-10-17(27-2)12-18(11-16)28-3/h4-12H,13H2,1-3H3. The van der Waals surface area contributed by atoms with Crippen molar-refractivity contribution in [3.8, 4) is 34.1 Å². The van der Waals surface area contributed by atoms with Gasteiger partial charge in [-0.1, -0.05) is 46.7 Å². The first-order valence-electron chi connectivity index (χ1n) is 9.24. The number of rotatable bonds is 7. The number of benzene rings is 2. The molecule has 0 saturated carbocycles. The Morgan fingerprint density at radius 2 is 1.60 bits per heavy atom. The molecule has 0 bridgehead atoms. The normalized spacial score (nSPS) is 10.8. The van der Waals surface area contributed by atoms with Crippen LogP contribution in [0.25, 0.3) is 22.6 Å². The van der Waals surface area contributed by atoms with Gasteiger partial charge in [-0.05, 0) is 31.2 Å². The first-order valence-corrected chi connectivity index (χ1v) is 10.2. The largest absolute Gasteiger partial charge is 0.497 e. The summed E-state index contributed by atoms with van der Waals surface area (Å²) in [5.74, 6) is 2.79. The zero-order valence-corrected chi connectivity index (χ0v) is 17.6. The zero-order valence-electron chi connectivity index (χ0n) is 16.8. The number of hydrogen-bond acceptors (Lipinski definition) is 8. The van der Waals surface area contributed by atoms with Gasteiger partial charge in [0.2, 0.25) is 11.7 Å². The smallest absolute Gasteiger partial charge is 0.237 e. The molecule has 0 aliphatic heterocycles. The van der Waals surface area contributed by atoms with Crippen LogP contribution in [0.3, 0.4) is 0 Å². The number of ether oxygens (including phenoxy) is 2. The third-order valence-electron chi connectivity index (χ3n) is 4.41. The van der Waals surface area contributed by atoms with Crippen LogP contribution in [0, 0.1) is 6.92 Å². The first kappa shape index (κ1) is 19.9. The Morgan fingerprint density at radius 1 is 0.867 bits per heavy atom. The van der Waals surface area contributed by atoms with Gasteiger partial charge in [0.15, 0.2) is 0 Å². The molecule has 4 rings (SSSR count). The van der Waals surface area contributed by atoms with E-state index in [2.05, 4.69) is 39.4 Å². The summed E-state index contributed by atoms with van der Waals surface area (Å²) in [5.41, 5.74) is 3.85. The maximum Gasteiger partial charge on any atom is 0.237 e. The van der Waals surface area contributed by atoms with Crippen LogP contribution in [-0.2, 0) is 5.75 Å². The second-order valence-electron chi connectivity index (χ2n) is 6.52. The van der Waals surface area contributed by atoms with Crippen molar-refractivity contribution in [2.45, 2.75) is 17.7 Å². The summed E-state index contributed by atoms with van der Waals surface area (Å²) >= 11 is 1.48. The van der Waals surface area contributed by atoms with Crippen LogP contribution in [0.5, 0.6) is 11.5 Å². The molecule has 8 heteroatoms. The van der Waals surface area contributed by atoms with Gasteiger partial charge in [-0.3, -0.25) is 0 Å². The molecule has 0 fully saturated rings. The Bertz CT molecular complexity index is 1110. The molecular weight excluding hydrogens is 400 g/mol. The maximum atomic E-state index is 5.38. The quantitative estimate of drug-likeness (QED) is 0.394. The summed E-state index contributed by atoms with van der Waals surface area (Å²) in [6.07, 6.45) is 0. The van der Waals surface area contributed by atoms with Crippen molar-refractivity contribution in [3.63, 3.8) is 0 Å².